The fourth-order valence-electron chi connectivity index (χ4n) is 4.48. The van der Waals surface area contributed by atoms with Crippen molar-refractivity contribution in [1.29, 1.82) is 0 Å². The van der Waals surface area contributed by atoms with Gasteiger partial charge in [-0.05, 0) is 38.8 Å². The van der Waals surface area contributed by atoms with Crippen LogP contribution in [0, 0.1) is 13.8 Å². The molecule has 3 aromatic rings. The van der Waals surface area contributed by atoms with E-state index in [0.29, 0.717) is 17.4 Å². The molecule has 1 aliphatic heterocycles. The number of rotatable bonds is 7. The summed E-state index contributed by atoms with van der Waals surface area (Å²) in [6, 6.07) is 4.10. The number of hydrogen-bond donors (Lipinski definition) is 0. The number of carbonyl (C=O) groups excluding carboxylic acids is 1. The minimum atomic E-state index is 0.0648. The van der Waals surface area contributed by atoms with Crippen molar-refractivity contribution in [3.05, 3.63) is 45.5 Å². The molecule has 9 heteroatoms. The molecule has 0 aromatic carbocycles. The number of piperazine rings is 1. The Morgan fingerprint density at radius 3 is 2.67 bits per heavy atom. The third kappa shape index (κ3) is 4.58. The number of aryl methyl sites for hydroxylation is 2. The van der Waals surface area contributed by atoms with E-state index in [1.165, 1.54) is 9.75 Å². The van der Waals surface area contributed by atoms with Crippen molar-refractivity contribution in [2.24, 2.45) is 0 Å². The third-order valence-electron chi connectivity index (χ3n) is 6.42. The molecule has 0 bridgehead atoms. The summed E-state index contributed by atoms with van der Waals surface area (Å²) in [4.78, 5) is 29.6. The van der Waals surface area contributed by atoms with Gasteiger partial charge in [0.1, 0.15) is 0 Å². The van der Waals surface area contributed by atoms with E-state index >= 15 is 0 Å². The maximum absolute atomic E-state index is 13.4. The fraction of sp³-hybridized carbons (Fsp3) is 0.500. The molecule has 5 rings (SSSR count). The molecule has 2 aliphatic rings. The molecule has 0 atom stereocenters. The second kappa shape index (κ2) is 9.32. The molecule has 0 unspecified atom stereocenters. The molecule has 1 aliphatic carbocycles. The van der Waals surface area contributed by atoms with E-state index in [0.717, 1.165) is 69.1 Å². The predicted molar refractivity (Wildman–Crippen MR) is 128 cm³/mol. The van der Waals surface area contributed by atoms with Crippen molar-refractivity contribution >= 4 is 17.2 Å². The van der Waals surface area contributed by atoms with Gasteiger partial charge in [-0.2, -0.15) is 5.10 Å². The summed E-state index contributed by atoms with van der Waals surface area (Å²) in [6.07, 6.45) is 5.63. The van der Waals surface area contributed by atoms with E-state index in [2.05, 4.69) is 34.9 Å². The minimum absolute atomic E-state index is 0.0648. The number of thiophene rings is 1. The van der Waals surface area contributed by atoms with Crippen LogP contribution in [-0.4, -0.2) is 81.9 Å². The van der Waals surface area contributed by atoms with Crippen LogP contribution in [0.4, 0.5) is 0 Å². The van der Waals surface area contributed by atoms with Crippen LogP contribution < -0.4 is 0 Å². The zero-order valence-electron chi connectivity index (χ0n) is 19.5. The standard InChI is InChI=1S/C24H30N6O2S/c1-16-14-19(17(2)33-16)21-6-7-25-24(27-21)30-22(18-4-5-18)20(15-26-30)23(31)29-10-8-28(9-11-29)12-13-32-3/h6-7,14-15,18H,4-5,8-13H2,1-3H3. The van der Waals surface area contributed by atoms with Gasteiger partial charge in [-0.1, -0.05) is 0 Å². The first-order valence-electron chi connectivity index (χ1n) is 11.5. The molecule has 0 radical (unpaired) electrons. The molecular formula is C24H30N6O2S. The summed E-state index contributed by atoms with van der Waals surface area (Å²) in [5, 5.41) is 4.60. The lowest BCUT2D eigenvalue weighted by atomic mass is 10.1. The lowest BCUT2D eigenvalue weighted by molar-refractivity contribution is 0.0593. The van der Waals surface area contributed by atoms with Gasteiger partial charge in [0.15, 0.2) is 0 Å². The van der Waals surface area contributed by atoms with E-state index in [1.807, 2.05) is 11.0 Å². The molecule has 2 fully saturated rings. The maximum atomic E-state index is 13.4. The Morgan fingerprint density at radius 2 is 2.00 bits per heavy atom. The second-order valence-corrected chi connectivity index (χ2v) is 10.3. The van der Waals surface area contributed by atoms with Gasteiger partial charge in [-0.15, -0.1) is 11.3 Å². The number of nitrogens with zero attached hydrogens (tertiary/aromatic N) is 6. The SMILES string of the molecule is COCCN1CCN(C(=O)c2cnn(-c3nccc(-c4cc(C)sc4C)n3)c2C2CC2)CC1. The lowest BCUT2D eigenvalue weighted by Crippen LogP contribution is -2.49. The highest BCUT2D eigenvalue weighted by atomic mass is 32.1. The highest BCUT2D eigenvalue weighted by Gasteiger charge is 2.35. The zero-order valence-corrected chi connectivity index (χ0v) is 20.3. The first-order valence-corrected chi connectivity index (χ1v) is 12.4. The molecule has 8 nitrogen and oxygen atoms in total. The molecule has 0 spiro atoms. The Hall–Kier alpha value is -2.62. The number of carbonyl (C=O) groups is 1. The van der Waals surface area contributed by atoms with Crippen LogP contribution in [-0.2, 0) is 4.74 Å². The van der Waals surface area contributed by atoms with Gasteiger partial charge in [0.2, 0.25) is 0 Å². The molecule has 33 heavy (non-hydrogen) atoms. The molecule has 4 heterocycles. The maximum Gasteiger partial charge on any atom is 0.257 e. The highest BCUT2D eigenvalue weighted by Crippen LogP contribution is 2.42. The molecule has 174 valence electrons. The van der Waals surface area contributed by atoms with Gasteiger partial charge in [-0.25, -0.2) is 14.6 Å². The Morgan fingerprint density at radius 1 is 1.21 bits per heavy atom. The number of amides is 1. The van der Waals surface area contributed by atoms with Crippen LogP contribution in [0.25, 0.3) is 17.2 Å². The average molecular weight is 467 g/mol. The predicted octanol–water partition coefficient (Wildman–Crippen LogP) is 3.29. The second-order valence-electron chi connectivity index (χ2n) is 8.82. The van der Waals surface area contributed by atoms with Crippen LogP contribution in [0.15, 0.2) is 24.5 Å². The van der Waals surface area contributed by atoms with Crippen LogP contribution in [0.2, 0.25) is 0 Å². The molecule has 1 saturated heterocycles. The van der Waals surface area contributed by atoms with Gasteiger partial charge >= 0.3 is 0 Å². The van der Waals surface area contributed by atoms with Gasteiger partial charge in [-0.3, -0.25) is 9.69 Å². The van der Waals surface area contributed by atoms with E-state index < -0.39 is 0 Å². The molecular weight excluding hydrogens is 436 g/mol. The van der Waals surface area contributed by atoms with Gasteiger partial charge < -0.3 is 9.64 Å². The van der Waals surface area contributed by atoms with E-state index in [1.54, 1.807) is 35.5 Å². The number of hydrogen-bond acceptors (Lipinski definition) is 7. The number of ether oxygens (including phenoxy) is 1. The quantitative estimate of drug-likeness (QED) is 0.532. The fourth-order valence-corrected chi connectivity index (χ4v) is 5.42. The minimum Gasteiger partial charge on any atom is -0.383 e. The Labute approximate surface area is 198 Å². The lowest BCUT2D eigenvalue weighted by Gasteiger charge is -2.34. The van der Waals surface area contributed by atoms with Crippen molar-refractivity contribution < 1.29 is 9.53 Å². The molecule has 0 N–H and O–H groups in total. The highest BCUT2D eigenvalue weighted by molar-refractivity contribution is 7.12. The first kappa shape index (κ1) is 22.2. The van der Waals surface area contributed by atoms with Crippen molar-refractivity contribution in [1.82, 2.24) is 29.5 Å². The Bertz CT molecular complexity index is 1140. The van der Waals surface area contributed by atoms with Gasteiger partial charge in [0.05, 0.1) is 29.8 Å². The zero-order chi connectivity index (χ0) is 22.9. The van der Waals surface area contributed by atoms with Crippen LogP contribution in [0.5, 0.6) is 0 Å². The van der Waals surface area contributed by atoms with Crippen molar-refractivity contribution in [3.63, 3.8) is 0 Å². The molecule has 3 aromatic heterocycles. The van der Waals surface area contributed by atoms with E-state index in [4.69, 9.17) is 9.72 Å². The molecule has 1 amide bonds. The van der Waals surface area contributed by atoms with Crippen molar-refractivity contribution in [3.8, 4) is 17.2 Å². The summed E-state index contributed by atoms with van der Waals surface area (Å²) >= 11 is 1.77. The largest absolute Gasteiger partial charge is 0.383 e. The van der Waals surface area contributed by atoms with Crippen LogP contribution >= 0.6 is 11.3 Å². The summed E-state index contributed by atoms with van der Waals surface area (Å²) in [5.74, 6) is 0.933. The monoisotopic (exact) mass is 466 g/mol. The van der Waals surface area contributed by atoms with E-state index in [-0.39, 0.29) is 5.91 Å². The topological polar surface area (TPSA) is 76.4 Å². The Balaban J connectivity index is 1.40. The van der Waals surface area contributed by atoms with Crippen molar-refractivity contribution in [2.75, 3.05) is 46.4 Å². The summed E-state index contributed by atoms with van der Waals surface area (Å²) in [5.41, 5.74) is 3.67. The van der Waals surface area contributed by atoms with Crippen molar-refractivity contribution in [2.45, 2.75) is 32.6 Å². The summed E-state index contributed by atoms with van der Waals surface area (Å²) < 4.78 is 6.97. The van der Waals surface area contributed by atoms with E-state index in [9.17, 15) is 4.79 Å². The summed E-state index contributed by atoms with van der Waals surface area (Å²) in [7, 11) is 1.72. The molecule has 1 saturated carbocycles. The van der Waals surface area contributed by atoms with Gasteiger partial charge in [0.25, 0.3) is 11.9 Å². The number of aromatic nitrogens is 4. The normalized spacial score (nSPS) is 17.0. The van der Waals surface area contributed by atoms with Gasteiger partial charge in [0, 0.05) is 67.3 Å². The third-order valence-corrected chi connectivity index (χ3v) is 7.39. The average Bonchev–Trinajstić information content (AvgIpc) is 3.48. The summed E-state index contributed by atoms with van der Waals surface area (Å²) in [6.45, 7) is 9.03. The Kier molecular flexibility index (Phi) is 6.27. The smallest absolute Gasteiger partial charge is 0.257 e. The first-order chi connectivity index (χ1) is 16.0. The van der Waals surface area contributed by atoms with Crippen LogP contribution in [0.3, 0.4) is 0 Å². The van der Waals surface area contributed by atoms with Crippen LogP contribution in [0.1, 0.15) is 44.6 Å². The number of methoxy groups -OCH3 is 1.